The molecule has 21 nitrogen and oxygen atoms in total. The molecule has 0 aliphatic heterocycles. The van der Waals surface area contributed by atoms with Crippen molar-refractivity contribution in [3.05, 3.63) is 0 Å². The summed E-state index contributed by atoms with van der Waals surface area (Å²) in [6.07, 6.45) is 0. The molecule has 0 saturated heterocycles. The number of carbonyl (C=O) groups is 4. The predicted octanol–water partition coefficient (Wildman–Crippen LogP) is -9.66. The summed E-state index contributed by atoms with van der Waals surface area (Å²) < 4.78 is 79.6. The molecule has 0 bridgehead atoms. The molecule has 1 N–H and O–H groups in total. The van der Waals surface area contributed by atoms with Crippen LogP contribution in [0.25, 0.3) is 0 Å². The molecular formula is C31H61BrCl2Cs3FO21. The van der Waals surface area contributed by atoms with E-state index in [-0.39, 0.29) is 247 Å². The van der Waals surface area contributed by atoms with Crippen molar-refractivity contribution in [3.8, 4) is 0 Å². The summed E-state index contributed by atoms with van der Waals surface area (Å²) in [6.45, 7) is 7.29. The largest absolute Gasteiger partial charge is 1.00 e. The topological polar surface area (TPSA) is 264 Å². The van der Waals surface area contributed by atoms with Crippen LogP contribution >= 0.6 is 39.1 Å². The zero-order chi connectivity index (χ0) is 44.3. The van der Waals surface area contributed by atoms with E-state index in [1.165, 1.54) is 0 Å². The van der Waals surface area contributed by atoms with Crippen molar-refractivity contribution in [3.63, 3.8) is 0 Å². The molecule has 342 valence electrons. The second-order valence-electron chi connectivity index (χ2n) is 8.50. The summed E-state index contributed by atoms with van der Waals surface area (Å²) in [4.78, 5) is 42.5. The van der Waals surface area contributed by atoms with Gasteiger partial charge < -0.3 is 88.2 Å². The zero-order valence-electron chi connectivity index (χ0n) is 37.2. The van der Waals surface area contributed by atoms with Crippen molar-refractivity contribution >= 4 is 63.5 Å². The molecule has 0 unspecified atom stereocenters. The number of ether oxygens (including phenoxy) is 13. The zero-order valence-corrected chi connectivity index (χ0v) is 57.1. The molecule has 28 heteroatoms. The number of aliphatic carboxylic acids is 2. The molecule has 0 aromatic carbocycles. The first-order valence-corrected chi connectivity index (χ1v) is 18.3. The number of alkyl halides is 4. The molecule has 0 amide bonds. The molecule has 0 heterocycles. The van der Waals surface area contributed by atoms with Gasteiger partial charge in [0.05, 0.1) is 145 Å². The van der Waals surface area contributed by atoms with Gasteiger partial charge >= 0.3 is 219 Å². The fraction of sp³-hybridized carbons (Fsp3) is 0.871. The van der Waals surface area contributed by atoms with Crippen LogP contribution in [0.1, 0.15) is 2.80 Å². The number of carbonyl (C=O) groups excluding carboxylic acids is 3. The average Bonchev–Trinajstić information content (AvgIpc) is 3.18. The first kappa shape index (κ1) is 80.5. The number of hydrogen-bond acceptors (Lipinski definition) is 20. The number of rotatable bonds is 35. The normalized spacial score (nSPS) is 9.32. The Morgan fingerprint density at radius 2 is 0.864 bits per heavy atom. The van der Waals surface area contributed by atoms with Crippen molar-refractivity contribution in [1.29, 1.82) is 0 Å². The van der Waals surface area contributed by atoms with Crippen molar-refractivity contribution in [2.24, 2.45) is 0 Å². The van der Waals surface area contributed by atoms with Gasteiger partial charge in [-0.3, -0.25) is 9.18 Å². The van der Waals surface area contributed by atoms with Gasteiger partial charge in [0, 0.05) is 21.3 Å². The molecular weight excluding hydrogens is 1280 g/mol. The van der Waals surface area contributed by atoms with Crippen LogP contribution in [0.4, 0.5) is 4.39 Å². The minimum absolute atomic E-state index is 0. The van der Waals surface area contributed by atoms with Crippen LogP contribution in [-0.4, -0.2) is 208 Å². The maximum Gasteiger partial charge on any atom is 1.00 e. The van der Waals surface area contributed by atoms with E-state index < -0.39 is 31.7 Å². The van der Waals surface area contributed by atoms with E-state index in [1.54, 1.807) is 21.3 Å². The van der Waals surface area contributed by atoms with Gasteiger partial charge in [-0.2, -0.15) is 0 Å². The Hall–Kier alpha value is 4.51. The Morgan fingerprint density at radius 1 is 0.627 bits per heavy atom. The van der Waals surface area contributed by atoms with E-state index in [0.29, 0.717) is 110 Å². The predicted molar refractivity (Wildman–Crippen MR) is 197 cm³/mol. The molecule has 0 fully saturated rings. The van der Waals surface area contributed by atoms with Gasteiger partial charge in [0.1, 0.15) is 13.2 Å². The van der Waals surface area contributed by atoms with E-state index in [9.17, 15) is 23.9 Å². The van der Waals surface area contributed by atoms with E-state index in [0.717, 1.165) is 0 Å². The molecule has 0 radical (unpaired) electrons. The SMILES string of the molecule is COCCOCCOCCOCC(=O)O.COCCOCCOCCOCC(=O)OCCl.COCCOCCOCCOCC(=O)[O-].ClCBr.O=CO[O-].[2H]CF.[Cs+].[Cs+].[Cs+].[H-]. The Kier molecular flexibility index (Phi) is 122. The number of methoxy groups -OCH3 is 3. The summed E-state index contributed by atoms with van der Waals surface area (Å²) in [7, 11) is 3.83. The van der Waals surface area contributed by atoms with Gasteiger partial charge in [0.15, 0.2) is 6.07 Å². The number of hydrogen-bond donors (Lipinski definition) is 1. The molecule has 0 aromatic rings. The van der Waals surface area contributed by atoms with Crippen LogP contribution in [0, 0.1) is 0 Å². The molecule has 0 aliphatic rings. The summed E-state index contributed by atoms with van der Waals surface area (Å²) in [5.41, 5.74) is 0. The van der Waals surface area contributed by atoms with Crippen LogP contribution in [-0.2, 0) is 85.6 Å². The average molecular weight is 1340 g/mol. The van der Waals surface area contributed by atoms with Gasteiger partial charge in [-0.1, -0.05) is 27.5 Å². The molecule has 0 aliphatic carbocycles. The quantitative estimate of drug-likeness (QED) is 0.0154. The summed E-state index contributed by atoms with van der Waals surface area (Å²) in [5.74, 6) is -2.68. The monoisotopic (exact) mass is 1340 g/mol. The van der Waals surface area contributed by atoms with Crippen LogP contribution in [0.15, 0.2) is 0 Å². The Bertz CT molecular complexity index is 751. The second-order valence-corrected chi connectivity index (χ2v) is 10.2. The summed E-state index contributed by atoms with van der Waals surface area (Å²) in [5, 5.41) is 26.6. The number of carboxylic acids is 2. The molecule has 0 spiro atoms. The van der Waals surface area contributed by atoms with Crippen molar-refractivity contribution in [1.82, 2.24) is 0 Å². The van der Waals surface area contributed by atoms with Crippen molar-refractivity contribution in [2.45, 2.75) is 0 Å². The maximum absolute atomic E-state index is 10.8. The molecule has 0 saturated carbocycles. The molecule has 0 atom stereocenters. The third-order valence-electron chi connectivity index (χ3n) is 4.45. The van der Waals surface area contributed by atoms with Crippen LogP contribution in [0.3, 0.4) is 0 Å². The minimum atomic E-state index is -1.22. The molecule has 0 aromatic heterocycles. The van der Waals surface area contributed by atoms with Gasteiger partial charge in [-0.15, -0.1) is 11.6 Å². The van der Waals surface area contributed by atoms with Crippen molar-refractivity contribution < 1.29 is 315 Å². The Labute approximate surface area is 545 Å². The standard InChI is InChI=1S/C10H19ClO6.2C9H18O6.CH2BrCl.CH3F.CH2O3.3Cs.H/c1-13-2-3-14-4-5-15-6-7-16-8-10(12)17-9-11;2*1-12-2-3-13-4-5-14-6-7-15-8-9(10)11;2-1-3;1-2;2-1-4-3;;;;/h2-9H2,1H3;2*2-8H2,1H3,(H,10,11);1H2;1H3;1,3H;;;;/q;;;;;;3*+1;-1/p-2/i;;;;1D;;;;;. The number of halogens is 4. The van der Waals surface area contributed by atoms with Gasteiger partial charge in [0.2, 0.25) is 0 Å². The van der Waals surface area contributed by atoms with Crippen LogP contribution < -0.4 is 217 Å². The smallest absolute Gasteiger partial charge is 1.00 e. The van der Waals surface area contributed by atoms with Crippen molar-refractivity contribution in [2.75, 3.05) is 178 Å². The van der Waals surface area contributed by atoms with Gasteiger partial charge in [-0.25, -0.2) is 9.59 Å². The molecule has 59 heavy (non-hydrogen) atoms. The Balaban J connectivity index is -0.0000000697. The first-order chi connectivity index (χ1) is 27.6. The van der Waals surface area contributed by atoms with E-state index in [4.69, 9.17) is 96.6 Å². The van der Waals surface area contributed by atoms with Crippen LogP contribution in [0.2, 0.25) is 0 Å². The van der Waals surface area contributed by atoms with E-state index in [2.05, 4.69) is 25.6 Å². The third kappa shape index (κ3) is 116. The van der Waals surface area contributed by atoms with Crippen LogP contribution in [0.5, 0.6) is 0 Å². The van der Waals surface area contributed by atoms with E-state index >= 15 is 0 Å². The fourth-order valence-corrected chi connectivity index (χ4v) is 2.44. The second kappa shape index (κ2) is 89.1. The maximum atomic E-state index is 10.8. The number of carboxylic acid groups (broad SMARTS) is 2. The molecule has 0 rings (SSSR count). The summed E-state index contributed by atoms with van der Waals surface area (Å²) >= 11 is 13.0. The van der Waals surface area contributed by atoms with E-state index in [1.807, 2.05) is 0 Å². The fourth-order valence-electron chi connectivity index (χ4n) is 2.32. The Morgan fingerprint density at radius 3 is 1.08 bits per heavy atom. The minimum Gasteiger partial charge on any atom is -1.00 e. The summed E-state index contributed by atoms with van der Waals surface area (Å²) in [6, 6.07) is -0.155. The number of esters is 1. The van der Waals surface area contributed by atoms with Gasteiger partial charge in [-0.05, 0) is 0 Å². The first-order valence-electron chi connectivity index (χ1n) is 16.8. The van der Waals surface area contributed by atoms with Gasteiger partial charge in [0.25, 0.3) is 6.47 Å². The third-order valence-corrected chi connectivity index (χ3v) is 4.56.